The Labute approximate surface area is 131 Å². The molecule has 0 saturated carbocycles. The molecule has 6 nitrogen and oxygen atoms in total. The number of thioether (sulfide) groups is 1. The fourth-order valence-electron chi connectivity index (χ4n) is 1.63. The van der Waals surface area contributed by atoms with Gasteiger partial charge in [-0.2, -0.15) is 0 Å². The molecule has 2 heterocycles. The van der Waals surface area contributed by atoms with Crippen LogP contribution in [0.1, 0.15) is 17.1 Å². The number of aromatic nitrogens is 3. The van der Waals surface area contributed by atoms with Crippen molar-refractivity contribution in [3.8, 4) is 0 Å². The molecule has 21 heavy (non-hydrogen) atoms. The van der Waals surface area contributed by atoms with Crippen LogP contribution in [0.15, 0.2) is 22.7 Å². The number of hydrogen-bond acceptors (Lipinski definition) is 6. The highest BCUT2D eigenvalue weighted by molar-refractivity contribution is 7.99. The number of nitrogens with one attached hydrogen (secondary N) is 2. The molecule has 0 saturated heterocycles. The van der Waals surface area contributed by atoms with Gasteiger partial charge in [0.25, 0.3) is 0 Å². The molecule has 114 valence electrons. The lowest BCUT2D eigenvalue weighted by Crippen LogP contribution is -2.26. The van der Waals surface area contributed by atoms with E-state index in [0.717, 1.165) is 18.7 Å². The van der Waals surface area contributed by atoms with Crippen LogP contribution in [-0.2, 0) is 16.0 Å². The number of H-pyrrole nitrogens is 1. The zero-order valence-electron chi connectivity index (χ0n) is 11.8. The van der Waals surface area contributed by atoms with Crippen molar-refractivity contribution in [1.82, 2.24) is 20.5 Å². The van der Waals surface area contributed by atoms with E-state index in [-0.39, 0.29) is 5.91 Å². The number of aromatic amines is 1. The molecule has 2 aromatic heterocycles. The van der Waals surface area contributed by atoms with E-state index in [9.17, 15) is 4.79 Å². The summed E-state index contributed by atoms with van der Waals surface area (Å²) in [5, 5.41) is 12.5. The molecule has 0 fully saturated rings. The van der Waals surface area contributed by atoms with Crippen LogP contribution in [0.2, 0.25) is 0 Å². The molecular weight excluding hydrogens is 308 g/mol. The standard InChI is InChI=1S/C13H18N4O2S2/c1-19-6-3-5-14-12(18)9-21-13-15-11(16-17-13)8-10-4-2-7-20-10/h2,4,7H,3,5-6,8-9H2,1H3,(H,14,18)(H,15,16,17). The Hall–Kier alpha value is -1.38. The van der Waals surface area contributed by atoms with E-state index in [1.165, 1.54) is 16.6 Å². The van der Waals surface area contributed by atoms with Crippen molar-refractivity contribution < 1.29 is 9.53 Å². The van der Waals surface area contributed by atoms with Gasteiger partial charge in [0.15, 0.2) is 0 Å². The largest absolute Gasteiger partial charge is 0.385 e. The van der Waals surface area contributed by atoms with Gasteiger partial charge in [0.05, 0.1) is 5.75 Å². The molecule has 0 bridgehead atoms. The van der Waals surface area contributed by atoms with Crippen LogP contribution < -0.4 is 5.32 Å². The summed E-state index contributed by atoms with van der Waals surface area (Å²) in [5.41, 5.74) is 0. The third-order valence-electron chi connectivity index (χ3n) is 2.61. The van der Waals surface area contributed by atoms with Crippen LogP contribution in [0.3, 0.4) is 0 Å². The summed E-state index contributed by atoms with van der Waals surface area (Å²) in [5.74, 6) is 1.13. The highest BCUT2D eigenvalue weighted by atomic mass is 32.2. The topological polar surface area (TPSA) is 79.9 Å². The predicted octanol–water partition coefficient (Wildman–Crippen LogP) is 1.70. The number of hydrogen-bond donors (Lipinski definition) is 2. The van der Waals surface area contributed by atoms with E-state index >= 15 is 0 Å². The van der Waals surface area contributed by atoms with Gasteiger partial charge in [-0.3, -0.25) is 9.89 Å². The molecule has 0 radical (unpaired) electrons. The molecule has 0 aliphatic rings. The maximum absolute atomic E-state index is 11.6. The summed E-state index contributed by atoms with van der Waals surface area (Å²) in [6.45, 7) is 1.28. The molecule has 0 spiro atoms. The minimum atomic E-state index is -0.0132. The number of carbonyl (C=O) groups is 1. The Kier molecular flexibility index (Phi) is 6.71. The molecule has 2 N–H and O–H groups in total. The first-order chi connectivity index (χ1) is 10.3. The Morgan fingerprint density at radius 3 is 3.24 bits per heavy atom. The normalized spacial score (nSPS) is 10.7. The van der Waals surface area contributed by atoms with E-state index in [2.05, 4.69) is 26.6 Å². The minimum absolute atomic E-state index is 0.0132. The summed E-state index contributed by atoms with van der Waals surface area (Å²) in [4.78, 5) is 17.2. The quantitative estimate of drug-likeness (QED) is 0.541. The lowest BCUT2D eigenvalue weighted by Gasteiger charge is -2.02. The minimum Gasteiger partial charge on any atom is -0.385 e. The average Bonchev–Trinajstić information content (AvgIpc) is 3.14. The maximum Gasteiger partial charge on any atom is 0.230 e. The molecule has 0 unspecified atom stereocenters. The fourth-order valence-corrected chi connectivity index (χ4v) is 2.98. The van der Waals surface area contributed by atoms with Gasteiger partial charge in [0, 0.05) is 31.6 Å². The van der Waals surface area contributed by atoms with Gasteiger partial charge in [-0.1, -0.05) is 17.8 Å². The van der Waals surface area contributed by atoms with E-state index in [4.69, 9.17) is 4.74 Å². The van der Waals surface area contributed by atoms with E-state index < -0.39 is 0 Å². The van der Waals surface area contributed by atoms with Crippen molar-refractivity contribution in [3.63, 3.8) is 0 Å². The van der Waals surface area contributed by atoms with Gasteiger partial charge < -0.3 is 10.1 Å². The molecule has 1 amide bonds. The summed E-state index contributed by atoms with van der Waals surface area (Å²) in [6, 6.07) is 4.08. The van der Waals surface area contributed by atoms with Gasteiger partial charge in [-0.05, 0) is 17.9 Å². The molecule has 2 aromatic rings. The second-order valence-electron chi connectivity index (χ2n) is 4.31. The van der Waals surface area contributed by atoms with E-state index in [1.807, 2.05) is 11.4 Å². The smallest absolute Gasteiger partial charge is 0.230 e. The first kappa shape index (κ1) is 16.0. The molecular formula is C13H18N4O2S2. The predicted molar refractivity (Wildman–Crippen MR) is 83.7 cm³/mol. The first-order valence-corrected chi connectivity index (χ1v) is 8.46. The fraction of sp³-hybridized carbons (Fsp3) is 0.462. The summed E-state index contributed by atoms with van der Waals surface area (Å²) >= 11 is 3.02. The van der Waals surface area contributed by atoms with Crippen LogP contribution in [0.25, 0.3) is 0 Å². The van der Waals surface area contributed by atoms with Gasteiger partial charge in [-0.15, -0.1) is 16.4 Å². The molecule has 0 aliphatic heterocycles. The van der Waals surface area contributed by atoms with Crippen molar-refractivity contribution >= 4 is 29.0 Å². The molecule has 0 atom stereocenters. The van der Waals surface area contributed by atoms with Crippen molar-refractivity contribution in [2.24, 2.45) is 0 Å². The average molecular weight is 326 g/mol. The number of carbonyl (C=O) groups excluding carboxylic acids is 1. The van der Waals surface area contributed by atoms with Crippen molar-refractivity contribution in [1.29, 1.82) is 0 Å². The van der Waals surface area contributed by atoms with E-state index in [0.29, 0.717) is 24.1 Å². The van der Waals surface area contributed by atoms with Crippen LogP contribution in [0, 0.1) is 0 Å². The lowest BCUT2D eigenvalue weighted by molar-refractivity contribution is -0.118. The highest BCUT2D eigenvalue weighted by Crippen LogP contribution is 2.15. The maximum atomic E-state index is 11.6. The molecule has 2 rings (SSSR count). The highest BCUT2D eigenvalue weighted by Gasteiger charge is 2.08. The Balaban J connectivity index is 1.69. The van der Waals surface area contributed by atoms with Gasteiger partial charge in [0.1, 0.15) is 5.82 Å². The van der Waals surface area contributed by atoms with Gasteiger partial charge in [0.2, 0.25) is 11.1 Å². The first-order valence-electron chi connectivity index (χ1n) is 6.60. The Bertz CT molecular complexity index is 542. The third-order valence-corrected chi connectivity index (χ3v) is 4.34. The molecule has 0 aromatic carbocycles. The summed E-state index contributed by atoms with van der Waals surface area (Å²) < 4.78 is 4.92. The number of thiophene rings is 1. The lowest BCUT2D eigenvalue weighted by atomic mass is 10.3. The van der Waals surface area contributed by atoms with Gasteiger partial charge in [-0.25, -0.2) is 4.98 Å². The molecule has 0 aliphatic carbocycles. The SMILES string of the molecule is COCCCNC(=O)CSc1n[nH]c(Cc2cccs2)n1. The zero-order chi connectivity index (χ0) is 14.9. The summed E-state index contributed by atoms with van der Waals surface area (Å²) in [7, 11) is 1.65. The van der Waals surface area contributed by atoms with Crippen LogP contribution in [0.5, 0.6) is 0 Å². The Morgan fingerprint density at radius 2 is 2.48 bits per heavy atom. The number of amides is 1. The van der Waals surface area contributed by atoms with Crippen LogP contribution in [0.4, 0.5) is 0 Å². The van der Waals surface area contributed by atoms with Crippen molar-refractivity contribution in [3.05, 3.63) is 28.2 Å². The van der Waals surface area contributed by atoms with Crippen LogP contribution >= 0.6 is 23.1 Å². The Morgan fingerprint density at radius 1 is 1.57 bits per heavy atom. The second-order valence-corrected chi connectivity index (χ2v) is 6.28. The number of methoxy groups -OCH3 is 1. The van der Waals surface area contributed by atoms with Crippen LogP contribution in [-0.4, -0.2) is 47.1 Å². The van der Waals surface area contributed by atoms with Gasteiger partial charge >= 0.3 is 0 Å². The molecule has 8 heteroatoms. The second kappa shape index (κ2) is 8.81. The number of rotatable bonds is 9. The van der Waals surface area contributed by atoms with Crippen molar-refractivity contribution in [2.45, 2.75) is 18.0 Å². The van der Waals surface area contributed by atoms with Crippen molar-refractivity contribution in [2.75, 3.05) is 26.0 Å². The summed E-state index contributed by atoms with van der Waals surface area (Å²) in [6.07, 6.45) is 1.56. The number of ether oxygens (including phenoxy) is 1. The third kappa shape index (κ3) is 5.86. The monoisotopic (exact) mass is 326 g/mol. The number of nitrogens with zero attached hydrogens (tertiary/aromatic N) is 2. The van der Waals surface area contributed by atoms with E-state index in [1.54, 1.807) is 18.4 Å². The zero-order valence-corrected chi connectivity index (χ0v) is 13.4.